The van der Waals surface area contributed by atoms with Gasteiger partial charge in [-0.1, -0.05) is 69.9 Å². The molecule has 0 spiro atoms. The van der Waals surface area contributed by atoms with Gasteiger partial charge in [0.1, 0.15) is 0 Å². The van der Waals surface area contributed by atoms with E-state index < -0.39 is 0 Å². The maximum absolute atomic E-state index is 4.65. The number of rotatable bonds is 4. The normalized spacial score (nSPS) is 27.0. The van der Waals surface area contributed by atoms with Crippen molar-refractivity contribution in [3.05, 3.63) is 12.2 Å². The van der Waals surface area contributed by atoms with Crippen LogP contribution in [0.5, 0.6) is 0 Å². The predicted octanol–water partition coefficient (Wildman–Crippen LogP) is 7.29. The highest BCUT2D eigenvalue weighted by Gasteiger charge is 2.50. The van der Waals surface area contributed by atoms with Gasteiger partial charge in [-0.15, -0.1) is 0 Å². The summed E-state index contributed by atoms with van der Waals surface area (Å²) in [5.41, 5.74) is 2.10. The van der Waals surface area contributed by atoms with Crippen LogP contribution >= 0.6 is 0 Å². The van der Waals surface area contributed by atoms with Crippen molar-refractivity contribution in [1.29, 1.82) is 0 Å². The molecule has 3 rings (SSSR count). The summed E-state index contributed by atoms with van der Waals surface area (Å²) in [6.45, 7) is 7.07. The molecule has 0 N–H and O–H groups in total. The monoisotopic (exact) mass is 302 g/mol. The van der Waals surface area contributed by atoms with Gasteiger partial charge in [-0.25, -0.2) is 0 Å². The molecule has 0 aromatic heterocycles. The molecule has 3 aliphatic carbocycles. The van der Waals surface area contributed by atoms with Crippen molar-refractivity contribution < 1.29 is 0 Å². The minimum absolute atomic E-state index is 0.515. The van der Waals surface area contributed by atoms with Gasteiger partial charge in [-0.05, 0) is 68.6 Å². The lowest BCUT2D eigenvalue weighted by molar-refractivity contribution is -0.0149. The Hall–Kier alpha value is -0.260. The van der Waals surface area contributed by atoms with Gasteiger partial charge in [0.05, 0.1) is 0 Å². The van der Waals surface area contributed by atoms with Crippen molar-refractivity contribution in [2.75, 3.05) is 0 Å². The summed E-state index contributed by atoms with van der Waals surface area (Å²) in [4.78, 5) is 0. The second-order valence-corrected chi connectivity index (χ2v) is 8.72. The van der Waals surface area contributed by atoms with Crippen LogP contribution < -0.4 is 0 Å². The first-order chi connectivity index (χ1) is 10.8. The van der Waals surface area contributed by atoms with Gasteiger partial charge in [-0.2, -0.15) is 0 Å². The van der Waals surface area contributed by atoms with Crippen molar-refractivity contribution in [1.82, 2.24) is 0 Å². The zero-order chi connectivity index (χ0) is 15.4. The van der Waals surface area contributed by atoms with E-state index in [9.17, 15) is 0 Å². The molecule has 0 aromatic rings. The summed E-state index contributed by atoms with van der Waals surface area (Å²) in [5, 5.41) is 0. The molecule has 3 fully saturated rings. The molecule has 22 heavy (non-hydrogen) atoms. The van der Waals surface area contributed by atoms with E-state index in [1.165, 1.54) is 96.3 Å². The lowest BCUT2D eigenvalue weighted by Gasteiger charge is -2.55. The summed E-state index contributed by atoms with van der Waals surface area (Å²) in [6.07, 6.45) is 22.4. The Labute approximate surface area is 139 Å². The van der Waals surface area contributed by atoms with Gasteiger partial charge in [0, 0.05) is 0 Å². The van der Waals surface area contributed by atoms with Crippen molar-refractivity contribution >= 4 is 0 Å². The van der Waals surface area contributed by atoms with Crippen molar-refractivity contribution in [2.24, 2.45) is 23.2 Å². The van der Waals surface area contributed by atoms with E-state index in [2.05, 4.69) is 13.5 Å². The van der Waals surface area contributed by atoms with Crippen LogP contribution in [0.25, 0.3) is 0 Å². The molecule has 0 aromatic carbocycles. The molecular weight excluding hydrogens is 264 g/mol. The molecule has 0 heterocycles. The number of hydrogen-bond donors (Lipinski definition) is 0. The third kappa shape index (κ3) is 3.04. The van der Waals surface area contributed by atoms with Gasteiger partial charge in [0.25, 0.3) is 0 Å². The van der Waals surface area contributed by atoms with Crippen LogP contribution in [0.2, 0.25) is 0 Å². The van der Waals surface area contributed by atoms with Gasteiger partial charge >= 0.3 is 0 Å². The van der Waals surface area contributed by atoms with E-state index in [0.29, 0.717) is 5.41 Å². The molecule has 0 radical (unpaired) electrons. The molecule has 126 valence electrons. The van der Waals surface area contributed by atoms with E-state index in [-0.39, 0.29) is 0 Å². The summed E-state index contributed by atoms with van der Waals surface area (Å²) >= 11 is 0. The summed E-state index contributed by atoms with van der Waals surface area (Å²) in [7, 11) is 0. The summed E-state index contributed by atoms with van der Waals surface area (Å²) < 4.78 is 0. The average molecular weight is 303 g/mol. The number of hydrogen-bond acceptors (Lipinski definition) is 0. The zero-order valence-corrected chi connectivity index (χ0v) is 15.0. The quantitative estimate of drug-likeness (QED) is 0.478. The van der Waals surface area contributed by atoms with E-state index in [1.807, 2.05) is 0 Å². The van der Waals surface area contributed by atoms with Gasteiger partial charge in [0.2, 0.25) is 0 Å². The molecule has 0 nitrogen and oxygen atoms in total. The van der Waals surface area contributed by atoms with Gasteiger partial charge < -0.3 is 0 Å². The first kappa shape index (κ1) is 16.6. The van der Waals surface area contributed by atoms with Gasteiger partial charge in [0.15, 0.2) is 0 Å². The van der Waals surface area contributed by atoms with E-state index in [0.717, 1.165) is 17.8 Å². The van der Waals surface area contributed by atoms with Crippen molar-refractivity contribution in [2.45, 2.75) is 103 Å². The predicted molar refractivity (Wildman–Crippen MR) is 97.0 cm³/mol. The fraction of sp³-hybridized carbons (Fsp3) is 0.909. The van der Waals surface area contributed by atoms with Crippen molar-refractivity contribution in [3.8, 4) is 0 Å². The second kappa shape index (κ2) is 7.54. The number of allylic oxidation sites excluding steroid dienone is 1. The Morgan fingerprint density at radius 2 is 0.864 bits per heavy atom. The minimum atomic E-state index is 0.515. The maximum atomic E-state index is 4.65. The molecule has 0 amide bonds. The minimum Gasteiger partial charge on any atom is -0.0995 e. The Bertz CT molecular complexity index is 303. The fourth-order valence-corrected chi connectivity index (χ4v) is 6.79. The Kier molecular flexibility index (Phi) is 5.69. The standard InChI is InChI=1S/C22H38/c1-18(2)22(19-12-6-3-7-13-19,20-14-8-4-9-15-20)21-16-10-5-11-17-21/h19-21H,1,3-17H2,2H3. The highest BCUT2D eigenvalue weighted by atomic mass is 14.5. The molecule has 0 bridgehead atoms. The van der Waals surface area contributed by atoms with Crippen molar-refractivity contribution in [3.63, 3.8) is 0 Å². The highest BCUT2D eigenvalue weighted by Crippen LogP contribution is 2.59. The largest absolute Gasteiger partial charge is 0.0995 e. The molecule has 0 saturated heterocycles. The van der Waals surface area contributed by atoms with Crippen LogP contribution in [-0.4, -0.2) is 0 Å². The fourth-order valence-electron chi connectivity index (χ4n) is 6.79. The van der Waals surface area contributed by atoms with Crippen LogP contribution in [-0.2, 0) is 0 Å². The average Bonchev–Trinajstić information content (AvgIpc) is 2.58. The third-order valence-electron chi connectivity index (χ3n) is 7.58. The summed E-state index contributed by atoms with van der Waals surface area (Å²) in [5.74, 6) is 2.89. The summed E-state index contributed by atoms with van der Waals surface area (Å²) in [6, 6.07) is 0. The molecule has 0 heteroatoms. The molecule has 0 unspecified atom stereocenters. The highest BCUT2D eigenvalue weighted by molar-refractivity contribution is 5.17. The lowest BCUT2D eigenvalue weighted by Crippen LogP contribution is -2.47. The van der Waals surface area contributed by atoms with Crippen LogP contribution in [0.3, 0.4) is 0 Å². The zero-order valence-electron chi connectivity index (χ0n) is 15.0. The molecule has 0 atom stereocenters. The Morgan fingerprint density at radius 1 is 0.591 bits per heavy atom. The molecular formula is C22H38. The SMILES string of the molecule is C=C(C)C(C1CCCCC1)(C1CCCCC1)C1CCCCC1. The molecule has 3 aliphatic rings. The topological polar surface area (TPSA) is 0 Å². The first-order valence-corrected chi connectivity index (χ1v) is 10.4. The van der Waals surface area contributed by atoms with Crippen LogP contribution in [0.4, 0.5) is 0 Å². The Morgan fingerprint density at radius 3 is 1.09 bits per heavy atom. The van der Waals surface area contributed by atoms with Crippen LogP contribution in [0, 0.1) is 23.2 Å². The van der Waals surface area contributed by atoms with E-state index in [1.54, 1.807) is 5.57 Å². The van der Waals surface area contributed by atoms with E-state index >= 15 is 0 Å². The Balaban J connectivity index is 1.94. The van der Waals surface area contributed by atoms with Crippen LogP contribution in [0.1, 0.15) is 103 Å². The maximum Gasteiger partial charge on any atom is -0.000888 e. The smallest absolute Gasteiger partial charge is 0.000888 e. The van der Waals surface area contributed by atoms with Crippen LogP contribution in [0.15, 0.2) is 12.2 Å². The van der Waals surface area contributed by atoms with E-state index in [4.69, 9.17) is 0 Å². The molecule has 3 saturated carbocycles. The molecule has 0 aliphatic heterocycles. The third-order valence-corrected chi connectivity index (χ3v) is 7.58. The first-order valence-electron chi connectivity index (χ1n) is 10.4. The lowest BCUT2D eigenvalue weighted by atomic mass is 9.49. The van der Waals surface area contributed by atoms with Gasteiger partial charge in [-0.3, -0.25) is 0 Å². The second-order valence-electron chi connectivity index (χ2n) is 8.72.